The highest BCUT2D eigenvalue weighted by Gasteiger charge is 2.21. The summed E-state index contributed by atoms with van der Waals surface area (Å²) in [5.74, 6) is 2.64. The molecular formula is C27H36N4O2S. The molecule has 1 unspecified atom stereocenters. The number of benzene rings is 2. The third kappa shape index (κ3) is 7.10. The van der Waals surface area contributed by atoms with E-state index in [0.717, 1.165) is 35.4 Å². The highest BCUT2D eigenvalue weighted by atomic mass is 32.2. The van der Waals surface area contributed by atoms with E-state index in [1.807, 2.05) is 43.3 Å². The number of aryl methyl sites for hydroxylation is 1. The monoisotopic (exact) mass is 480 g/mol. The van der Waals surface area contributed by atoms with Gasteiger partial charge in [0.25, 0.3) is 0 Å². The molecule has 1 atom stereocenters. The van der Waals surface area contributed by atoms with Gasteiger partial charge in [-0.1, -0.05) is 70.6 Å². The summed E-state index contributed by atoms with van der Waals surface area (Å²) in [5, 5.41) is 12.5. The zero-order valence-corrected chi connectivity index (χ0v) is 21.9. The summed E-state index contributed by atoms with van der Waals surface area (Å²) in [6, 6.07) is 16.1. The number of nitrogens with zero attached hydrogens (tertiary/aromatic N) is 3. The van der Waals surface area contributed by atoms with Crippen molar-refractivity contribution in [3.63, 3.8) is 0 Å². The van der Waals surface area contributed by atoms with Gasteiger partial charge in [0.1, 0.15) is 5.75 Å². The summed E-state index contributed by atoms with van der Waals surface area (Å²) >= 11 is 1.40. The van der Waals surface area contributed by atoms with Crippen molar-refractivity contribution in [1.82, 2.24) is 14.8 Å². The standard InChI is InChI=1S/C27H36N4O2S/c1-7-21-8-12-23(13-9-21)28-25(32)17-34-27-30-29-26(31(27)16-18(2)3)20(6)33-24-14-10-22(11-15-24)19(4)5/h8-15,18-20H,7,16-17H2,1-6H3,(H,28,32). The van der Waals surface area contributed by atoms with Crippen LogP contribution in [0.4, 0.5) is 5.69 Å². The number of rotatable bonds is 11. The molecule has 0 aliphatic heterocycles. The molecule has 3 aromatic rings. The fraction of sp³-hybridized carbons (Fsp3) is 0.444. The zero-order valence-electron chi connectivity index (χ0n) is 21.0. The van der Waals surface area contributed by atoms with Gasteiger partial charge < -0.3 is 14.6 Å². The van der Waals surface area contributed by atoms with Gasteiger partial charge in [-0.25, -0.2) is 0 Å². The normalized spacial score (nSPS) is 12.2. The zero-order chi connectivity index (χ0) is 24.7. The summed E-state index contributed by atoms with van der Waals surface area (Å²) in [6.45, 7) is 13.5. The largest absolute Gasteiger partial charge is 0.483 e. The molecule has 2 aromatic carbocycles. The van der Waals surface area contributed by atoms with E-state index in [2.05, 4.69) is 66.8 Å². The number of hydrogen-bond donors (Lipinski definition) is 1. The fourth-order valence-corrected chi connectivity index (χ4v) is 4.34. The number of carbonyl (C=O) groups is 1. The van der Waals surface area contributed by atoms with Gasteiger partial charge >= 0.3 is 0 Å². The van der Waals surface area contributed by atoms with Crippen LogP contribution >= 0.6 is 11.8 Å². The minimum Gasteiger partial charge on any atom is -0.483 e. The molecule has 0 spiro atoms. The van der Waals surface area contributed by atoms with Crippen molar-refractivity contribution in [3.05, 3.63) is 65.5 Å². The molecule has 3 rings (SSSR count). The Kier molecular flexibility index (Phi) is 9.16. The van der Waals surface area contributed by atoms with Crippen LogP contribution < -0.4 is 10.1 Å². The van der Waals surface area contributed by atoms with Crippen molar-refractivity contribution in [3.8, 4) is 5.75 Å². The van der Waals surface area contributed by atoms with Crippen LogP contribution in [0.2, 0.25) is 0 Å². The molecule has 0 saturated carbocycles. The fourth-order valence-electron chi connectivity index (χ4n) is 3.58. The molecule has 34 heavy (non-hydrogen) atoms. The summed E-state index contributed by atoms with van der Waals surface area (Å²) in [7, 11) is 0. The average Bonchev–Trinajstić information content (AvgIpc) is 3.20. The molecule has 0 aliphatic carbocycles. The molecule has 1 heterocycles. The van der Waals surface area contributed by atoms with Crippen molar-refractivity contribution < 1.29 is 9.53 Å². The van der Waals surface area contributed by atoms with Crippen LogP contribution in [-0.2, 0) is 17.8 Å². The maximum Gasteiger partial charge on any atom is 0.234 e. The number of ether oxygens (including phenoxy) is 1. The Balaban J connectivity index is 1.66. The van der Waals surface area contributed by atoms with E-state index in [0.29, 0.717) is 11.8 Å². The lowest BCUT2D eigenvalue weighted by Gasteiger charge is -2.18. The van der Waals surface area contributed by atoms with E-state index in [4.69, 9.17) is 4.74 Å². The molecule has 0 saturated heterocycles. The number of hydrogen-bond acceptors (Lipinski definition) is 5. The molecule has 0 fully saturated rings. The first kappa shape index (κ1) is 25.8. The number of anilines is 1. The molecule has 1 aromatic heterocycles. The van der Waals surface area contributed by atoms with Crippen LogP contribution in [-0.4, -0.2) is 26.4 Å². The molecule has 0 aliphatic rings. The number of amides is 1. The lowest BCUT2D eigenvalue weighted by atomic mass is 10.0. The lowest BCUT2D eigenvalue weighted by Crippen LogP contribution is -2.17. The van der Waals surface area contributed by atoms with Gasteiger partial charge in [0.15, 0.2) is 17.1 Å². The second kappa shape index (κ2) is 12.1. The average molecular weight is 481 g/mol. The van der Waals surface area contributed by atoms with E-state index in [1.54, 1.807) is 0 Å². The third-order valence-corrected chi connectivity index (χ3v) is 6.46. The molecular weight excluding hydrogens is 444 g/mol. The van der Waals surface area contributed by atoms with Gasteiger partial charge in [0.2, 0.25) is 5.91 Å². The summed E-state index contributed by atoms with van der Waals surface area (Å²) in [6.07, 6.45) is 0.708. The van der Waals surface area contributed by atoms with Crippen LogP contribution in [0.25, 0.3) is 0 Å². The van der Waals surface area contributed by atoms with E-state index in [-0.39, 0.29) is 17.8 Å². The maximum atomic E-state index is 12.5. The Morgan fingerprint density at radius 2 is 1.68 bits per heavy atom. The lowest BCUT2D eigenvalue weighted by molar-refractivity contribution is -0.113. The van der Waals surface area contributed by atoms with Crippen LogP contribution in [0.15, 0.2) is 53.7 Å². The van der Waals surface area contributed by atoms with Crippen LogP contribution in [0.1, 0.15) is 70.5 Å². The quantitative estimate of drug-likeness (QED) is 0.318. The molecule has 1 N–H and O–H groups in total. The predicted molar refractivity (Wildman–Crippen MR) is 140 cm³/mol. The van der Waals surface area contributed by atoms with Gasteiger partial charge in [-0.05, 0) is 60.6 Å². The van der Waals surface area contributed by atoms with E-state index < -0.39 is 0 Å². The van der Waals surface area contributed by atoms with Crippen molar-refractivity contribution in [2.24, 2.45) is 5.92 Å². The van der Waals surface area contributed by atoms with Crippen molar-refractivity contribution in [1.29, 1.82) is 0 Å². The summed E-state index contributed by atoms with van der Waals surface area (Å²) in [4.78, 5) is 12.5. The van der Waals surface area contributed by atoms with Gasteiger partial charge in [0.05, 0.1) is 5.75 Å². The Hall–Kier alpha value is -2.80. The van der Waals surface area contributed by atoms with Crippen LogP contribution in [0.5, 0.6) is 5.75 Å². The van der Waals surface area contributed by atoms with Crippen LogP contribution in [0.3, 0.4) is 0 Å². The number of carbonyl (C=O) groups excluding carboxylic acids is 1. The Morgan fingerprint density at radius 3 is 2.26 bits per heavy atom. The van der Waals surface area contributed by atoms with E-state index in [9.17, 15) is 4.79 Å². The van der Waals surface area contributed by atoms with E-state index in [1.165, 1.54) is 22.9 Å². The van der Waals surface area contributed by atoms with Gasteiger partial charge in [-0.3, -0.25) is 4.79 Å². The first-order valence-electron chi connectivity index (χ1n) is 12.0. The number of nitrogens with one attached hydrogen (secondary N) is 1. The van der Waals surface area contributed by atoms with Crippen molar-refractivity contribution in [2.75, 3.05) is 11.1 Å². The first-order chi connectivity index (χ1) is 16.3. The molecule has 0 bridgehead atoms. The number of thioether (sulfide) groups is 1. The highest BCUT2D eigenvalue weighted by Crippen LogP contribution is 2.27. The molecule has 6 nitrogen and oxygen atoms in total. The number of aromatic nitrogens is 3. The summed E-state index contributed by atoms with van der Waals surface area (Å²) in [5.41, 5.74) is 3.33. The first-order valence-corrected chi connectivity index (χ1v) is 13.0. The minimum absolute atomic E-state index is 0.0653. The Morgan fingerprint density at radius 1 is 1.00 bits per heavy atom. The smallest absolute Gasteiger partial charge is 0.234 e. The molecule has 0 radical (unpaired) electrons. The topological polar surface area (TPSA) is 69.0 Å². The molecule has 182 valence electrons. The second-order valence-electron chi connectivity index (χ2n) is 9.22. The van der Waals surface area contributed by atoms with Crippen molar-refractivity contribution in [2.45, 2.75) is 71.7 Å². The maximum absolute atomic E-state index is 12.5. The van der Waals surface area contributed by atoms with Gasteiger partial charge in [-0.2, -0.15) is 0 Å². The SMILES string of the molecule is CCc1ccc(NC(=O)CSc2nnc(C(C)Oc3ccc(C(C)C)cc3)n2CC(C)C)cc1. The van der Waals surface area contributed by atoms with Crippen molar-refractivity contribution >= 4 is 23.4 Å². The third-order valence-electron chi connectivity index (χ3n) is 5.49. The Bertz CT molecular complexity index is 1060. The molecule has 7 heteroatoms. The van der Waals surface area contributed by atoms with Gasteiger partial charge in [0, 0.05) is 12.2 Å². The minimum atomic E-state index is -0.267. The van der Waals surface area contributed by atoms with Gasteiger partial charge in [-0.15, -0.1) is 10.2 Å². The van der Waals surface area contributed by atoms with Crippen LogP contribution in [0, 0.1) is 5.92 Å². The van der Waals surface area contributed by atoms with E-state index >= 15 is 0 Å². The second-order valence-corrected chi connectivity index (χ2v) is 10.2. The predicted octanol–water partition coefficient (Wildman–Crippen LogP) is 6.49. The Labute approximate surface area is 207 Å². The molecule has 1 amide bonds. The highest BCUT2D eigenvalue weighted by molar-refractivity contribution is 7.99. The summed E-state index contributed by atoms with van der Waals surface area (Å²) < 4.78 is 8.26.